The average molecular weight is 412 g/mol. The number of hydrogen-bond acceptors (Lipinski definition) is 5. The van der Waals surface area contributed by atoms with Crippen molar-refractivity contribution in [2.45, 2.75) is 57.8 Å². The van der Waals surface area contributed by atoms with Crippen LogP contribution in [0.2, 0.25) is 0 Å². The minimum Gasteiger partial charge on any atom is -0.396 e. The van der Waals surface area contributed by atoms with Gasteiger partial charge in [0.2, 0.25) is 0 Å². The summed E-state index contributed by atoms with van der Waals surface area (Å²) in [5, 5.41) is 14.2. The molecule has 1 N–H and O–H groups in total. The SMILES string of the molecule is CC(C)N1CCC(N2CCN(Cc3cnn(-c4ccccc4)c3)C[C@@H]2CCO)CC1. The van der Waals surface area contributed by atoms with E-state index in [1.165, 1.54) is 31.5 Å². The normalized spacial score (nSPS) is 22.7. The van der Waals surface area contributed by atoms with Gasteiger partial charge in [0.05, 0.1) is 11.9 Å². The Labute approximate surface area is 181 Å². The zero-order chi connectivity index (χ0) is 20.9. The first-order chi connectivity index (χ1) is 14.6. The molecule has 164 valence electrons. The van der Waals surface area contributed by atoms with Crippen molar-refractivity contribution < 1.29 is 5.11 Å². The summed E-state index contributed by atoms with van der Waals surface area (Å²) in [5.41, 5.74) is 2.35. The average Bonchev–Trinajstić information content (AvgIpc) is 3.23. The molecule has 1 atom stereocenters. The smallest absolute Gasteiger partial charge is 0.0645 e. The fourth-order valence-electron chi connectivity index (χ4n) is 5.12. The molecule has 0 bridgehead atoms. The van der Waals surface area contributed by atoms with Crippen molar-refractivity contribution in [1.29, 1.82) is 0 Å². The third kappa shape index (κ3) is 5.11. The maximum atomic E-state index is 9.69. The van der Waals surface area contributed by atoms with E-state index in [4.69, 9.17) is 0 Å². The molecule has 4 rings (SSSR count). The van der Waals surface area contributed by atoms with Crippen molar-refractivity contribution in [1.82, 2.24) is 24.5 Å². The molecule has 1 aromatic carbocycles. The monoisotopic (exact) mass is 411 g/mol. The summed E-state index contributed by atoms with van der Waals surface area (Å²) >= 11 is 0. The molecular weight excluding hydrogens is 374 g/mol. The van der Waals surface area contributed by atoms with Crippen LogP contribution < -0.4 is 0 Å². The molecule has 0 radical (unpaired) electrons. The molecule has 6 heteroatoms. The van der Waals surface area contributed by atoms with Crippen LogP contribution in [0.3, 0.4) is 0 Å². The van der Waals surface area contributed by atoms with Gasteiger partial charge in [-0.25, -0.2) is 4.68 Å². The molecule has 2 fully saturated rings. The molecule has 0 unspecified atom stereocenters. The molecule has 0 aliphatic carbocycles. The predicted molar refractivity (Wildman–Crippen MR) is 121 cm³/mol. The summed E-state index contributed by atoms with van der Waals surface area (Å²) in [6.07, 6.45) is 7.50. The van der Waals surface area contributed by atoms with E-state index in [0.29, 0.717) is 18.1 Å². The van der Waals surface area contributed by atoms with Gasteiger partial charge < -0.3 is 10.0 Å². The minimum absolute atomic E-state index is 0.270. The van der Waals surface area contributed by atoms with Gasteiger partial charge in [-0.1, -0.05) is 18.2 Å². The first kappa shape index (κ1) is 21.5. The number of rotatable bonds is 7. The number of nitrogens with zero attached hydrogens (tertiary/aromatic N) is 5. The van der Waals surface area contributed by atoms with Crippen LogP contribution in [-0.4, -0.2) is 87.0 Å². The van der Waals surface area contributed by atoms with Crippen LogP contribution in [-0.2, 0) is 6.54 Å². The number of piperidine rings is 1. The van der Waals surface area contributed by atoms with Crippen molar-refractivity contribution in [2.24, 2.45) is 0 Å². The predicted octanol–water partition coefficient (Wildman–Crippen LogP) is 2.61. The lowest BCUT2D eigenvalue weighted by atomic mass is 9.97. The van der Waals surface area contributed by atoms with Crippen molar-refractivity contribution in [3.05, 3.63) is 48.3 Å². The maximum absolute atomic E-state index is 9.69. The van der Waals surface area contributed by atoms with Crippen LogP contribution in [0.25, 0.3) is 5.69 Å². The van der Waals surface area contributed by atoms with Crippen LogP contribution >= 0.6 is 0 Å². The lowest BCUT2D eigenvalue weighted by Gasteiger charge is -2.48. The zero-order valence-electron chi connectivity index (χ0n) is 18.5. The Bertz CT molecular complexity index is 769. The molecule has 1 aromatic heterocycles. The zero-order valence-corrected chi connectivity index (χ0v) is 18.5. The van der Waals surface area contributed by atoms with Crippen molar-refractivity contribution in [3.8, 4) is 5.69 Å². The maximum Gasteiger partial charge on any atom is 0.0645 e. The highest BCUT2D eigenvalue weighted by Gasteiger charge is 2.33. The van der Waals surface area contributed by atoms with E-state index in [1.54, 1.807) is 0 Å². The number of aliphatic hydroxyl groups is 1. The number of aliphatic hydroxyl groups excluding tert-OH is 1. The Hall–Kier alpha value is -1.73. The van der Waals surface area contributed by atoms with Crippen molar-refractivity contribution in [3.63, 3.8) is 0 Å². The summed E-state index contributed by atoms with van der Waals surface area (Å²) in [5.74, 6) is 0. The lowest BCUT2D eigenvalue weighted by molar-refractivity contribution is -0.0000322. The van der Waals surface area contributed by atoms with Gasteiger partial charge in [-0.05, 0) is 58.3 Å². The number of aromatic nitrogens is 2. The van der Waals surface area contributed by atoms with Gasteiger partial charge in [-0.15, -0.1) is 0 Å². The minimum atomic E-state index is 0.270. The highest BCUT2D eigenvalue weighted by molar-refractivity contribution is 5.30. The number of para-hydroxylation sites is 1. The molecule has 0 spiro atoms. The molecule has 0 amide bonds. The summed E-state index contributed by atoms with van der Waals surface area (Å²) < 4.78 is 1.96. The van der Waals surface area contributed by atoms with Gasteiger partial charge in [0.25, 0.3) is 0 Å². The van der Waals surface area contributed by atoms with Crippen molar-refractivity contribution in [2.75, 3.05) is 39.3 Å². The van der Waals surface area contributed by atoms with Crippen LogP contribution in [0.5, 0.6) is 0 Å². The van der Waals surface area contributed by atoms with Gasteiger partial charge in [0, 0.05) is 62.7 Å². The highest BCUT2D eigenvalue weighted by Crippen LogP contribution is 2.25. The molecule has 6 nitrogen and oxygen atoms in total. The quantitative estimate of drug-likeness (QED) is 0.759. The van der Waals surface area contributed by atoms with E-state index < -0.39 is 0 Å². The number of benzene rings is 1. The fourth-order valence-corrected chi connectivity index (χ4v) is 5.12. The molecule has 2 saturated heterocycles. The Morgan fingerprint density at radius 1 is 1.07 bits per heavy atom. The second kappa shape index (κ2) is 10.1. The molecular formula is C24H37N5O. The molecule has 2 aliphatic heterocycles. The van der Waals surface area contributed by atoms with Crippen molar-refractivity contribution >= 4 is 0 Å². The molecule has 2 aromatic rings. The Balaban J connectivity index is 1.35. The summed E-state index contributed by atoms with van der Waals surface area (Å²) in [7, 11) is 0. The number of likely N-dealkylation sites (tertiary alicyclic amines) is 1. The first-order valence-electron chi connectivity index (χ1n) is 11.6. The first-order valence-corrected chi connectivity index (χ1v) is 11.6. The van der Waals surface area contributed by atoms with E-state index in [1.807, 2.05) is 29.1 Å². The van der Waals surface area contributed by atoms with Crippen LogP contribution in [0, 0.1) is 0 Å². The summed E-state index contributed by atoms with van der Waals surface area (Å²) in [6, 6.07) is 12.0. The molecule has 30 heavy (non-hydrogen) atoms. The number of piperazine rings is 1. The second-order valence-corrected chi connectivity index (χ2v) is 9.13. The van der Waals surface area contributed by atoms with Gasteiger partial charge in [-0.2, -0.15) is 5.10 Å². The van der Waals surface area contributed by atoms with E-state index in [9.17, 15) is 5.11 Å². The Morgan fingerprint density at radius 3 is 2.53 bits per heavy atom. The van der Waals surface area contributed by atoms with Crippen LogP contribution in [0.1, 0.15) is 38.7 Å². The lowest BCUT2D eigenvalue weighted by Crippen LogP contribution is -2.58. The fraction of sp³-hybridized carbons (Fsp3) is 0.625. The number of hydrogen-bond donors (Lipinski definition) is 1. The second-order valence-electron chi connectivity index (χ2n) is 9.13. The molecule has 0 saturated carbocycles. The summed E-state index contributed by atoms with van der Waals surface area (Å²) in [6.45, 7) is 11.4. The molecule has 3 heterocycles. The molecule has 2 aliphatic rings. The Kier molecular flexibility index (Phi) is 7.20. The van der Waals surface area contributed by atoms with Crippen LogP contribution in [0.4, 0.5) is 0 Å². The van der Waals surface area contributed by atoms with E-state index >= 15 is 0 Å². The van der Waals surface area contributed by atoms with Gasteiger partial charge in [0.1, 0.15) is 0 Å². The van der Waals surface area contributed by atoms with Gasteiger partial charge >= 0.3 is 0 Å². The van der Waals surface area contributed by atoms with Gasteiger partial charge in [-0.3, -0.25) is 9.80 Å². The van der Waals surface area contributed by atoms with E-state index in [2.05, 4.69) is 52.0 Å². The standard InChI is InChI=1S/C24H37N5O/c1-20(2)27-11-8-22(9-12-27)28-14-13-26(19-24(28)10-15-30)17-21-16-25-29(18-21)23-6-4-3-5-7-23/h3-7,16,18,20,22,24,30H,8-15,17,19H2,1-2H3/t24-/m0/s1. The third-order valence-electron chi connectivity index (χ3n) is 6.84. The summed E-state index contributed by atoms with van der Waals surface area (Å²) in [4.78, 5) is 7.84. The largest absolute Gasteiger partial charge is 0.396 e. The highest BCUT2D eigenvalue weighted by atomic mass is 16.3. The van der Waals surface area contributed by atoms with E-state index in [0.717, 1.165) is 38.3 Å². The van der Waals surface area contributed by atoms with Gasteiger partial charge in [0.15, 0.2) is 0 Å². The van der Waals surface area contributed by atoms with E-state index in [-0.39, 0.29) is 6.61 Å². The Morgan fingerprint density at radius 2 is 1.83 bits per heavy atom. The topological polar surface area (TPSA) is 47.8 Å². The third-order valence-corrected chi connectivity index (χ3v) is 6.84. The van der Waals surface area contributed by atoms with Crippen LogP contribution in [0.15, 0.2) is 42.7 Å².